The van der Waals surface area contributed by atoms with Crippen molar-refractivity contribution < 1.29 is 4.79 Å². The Morgan fingerprint density at radius 3 is 2.58 bits per heavy atom. The number of para-hydroxylation sites is 1. The Labute approximate surface area is 178 Å². The number of benzene rings is 3. The predicted molar refractivity (Wildman–Crippen MR) is 120 cm³/mol. The second-order valence-corrected chi connectivity index (χ2v) is 7.78. The second-order valence-electron chi connectivity index (χ2n) is 7.78. The Hall–Kier alpha value is -3.93. The molecule has 5 rings (SSSR count). The van der Waals surface area contributed by atoms with Gasteiger partial charge in [0.05, 0.1) is 22.6 Å². The molecule has 154 valence electrons. The first-order valence-corrected chi connectivity index (χ1v) is 10.3. The first kappa shape index (κ1) is 19.1. The van der Waals surface area contributed by atoms with Crippen LogP contribution >= 0.6 is 0 Å². The molecule has 1 aliphatic carbocycles. The molecule has 1 heterocycles. The highest BCUT2D eigenvalue weighted by atomic mass is 16.2. The standard InChI is InChI=1S/C25H21N3O3/c29-23(26-21-12-6-8-16-7-4-5-11-19(16)21)17-13-14-20-22(15-17)27-25(31)28(24(20)30)18-9-2-1-3-10-18/h1-5,7,9-11,13-15,21H,6,8,12H2,(H,26,29)(H,27,31). The minimum absolute atomic E-state index is 0.0433. The Morgan fingerprint density at radius 1 is 0.968 bits per heavy atom. The van der Waals surface area contributed by atoms with E-state index in [4.69, 9.17) is 0 Å². The van der Waals surface area contributed by atoms with Crippen LogP contribution in [0.25, 0.3) is 16.6 Å². The van der Waals surface area contributed by atoms with Crippen LogP contribution in [-0.4, -0.2) is 15.5 Å². The lowest BCUT2D eigenvalue weighted by molar-refractivity contribution is 0.0933. The quantitative estimate of drug-likeness (QED) is 0.541. The van der Waals surface area contributed by atoms with Crippen molar-refractivity contribution in [2.24, 2.45) is 0 Å². The summed E-state index contributed by atoms with van der Waals surface area (Å²) in [6.07, 6.45) is 2.93. The summed E-state index contributed by atoms with van der Waals surface area (Å²) < 4.78 is 1.10. The molecule has 6 heteroatoms. The van der Waals surface area contributed by atoms with E-state index < -0.39 is 11.2 Å². The van der Waals surface area contributed by atoms with Crippen molar-refractivity contribution in [3.8, 4) is 5.69 Å². The molecule has 31 heavy (non-hydrogen) atoms. The van der Waals surface area contributed by atoms with Crippen LogP contribution in [0, 0.1) is 0 Å². The van der Waals surface area contributed by atoms with E-state index in [2.05, 4.69) is 22.4 Å². The van der Waals surface area contributed by atoms with E-state index in [9.17, 15) is 14.4 Å². The van der Waals surface area contributed by atoms with Crippen molar-refractivity contribution in [1.82, 2.24) is 14.9 Å². The fourth-order valence-corrected chi connectivity index (χ4v) is 4.32. The second kappa shape index (κ2) is 7.72. The lowest BCUT2D eigenvalue weighted by Gasteiger charge is -2.26. The minimum atomic E-state index is -0.539. The SMILES string of the molecule is O=C(NC1CCCc2ccccc21)c1ccc2c(=O)n(-c3ccccc3)c(=O)[nH]c2c1. The van der Waals surface area contributed by atoms with Crippen LogP contribution in [0.4, 0.5) is 0 Å². The van der Waals surface area contributed by atoms with Crippen molar-refractivity contribution >= 4 is 16.8 Å². The summed E-state index contributed by atoms with van der Waals surface area (Å²) in [5.74, 6) is -0.225. The number of nitrogens with one attached hydrogen (secondary N) is 2. The zero-order valence-corrected chi connectivity index (χ0v) is 16.8. The Morgan fingerprint density at radius 2 is 1.74 bits per heavy atom. The maximum absolute atomic E-state index is 12.9. The van der Waals surface area contributed by atoms with Crippen LogP contribution in [0.3, 0.4) is 0 Å². The van der Waals surface area contributed by atoms with Gasteiger partial charge in [0.1, 0.15) is 0 Å². The summed E-state index contributed by atoms with van der Waals surface area (Å²) in [6.45, 7) is 0. The van der Waals surface area contributed by atoms with Gasteiger partial charge < -0.3 is 10.3 Å². The van der Waals surface area contributed by atoms with Crippen molar-refractivity contribution in [3.63, 3.8) is 0 Å². The fraction of sp³-hybridized carbons (Fsp3) is 0.160. The number of hydrogen-bond acceptors (Lipinski definition) is 3. The van der Waals surface area contributed by atoms with E-state index in [-0.39, 0.29) is 11.9 Å². The summed E-state index contributed by atoms with van der Waals surface area (Å²) in [4.78, 5) is 41.2. The van der Waals surface area contributed by atoms with Crippen molar-refractivity contribution in [2.45, 2.75) is 25.3 Å². The molecule has 6 nitrogen and oxygen atoms in total. The number of H-pyrrole nitrogens is 1. The van der Waals surface area contributed by atoms with Gasteiger partial charge >= 0.3 is 5.69 Å². The number of amides is 1. The van der Waals surface area contributed by atoms with E-state index in [1.54, 1.807) is 42.5 Å². The monoisotopic (exact) mass is 411 g/mol. The van der Waals surface area contributed by atoms with Crippen LogP contribution in [0.15, 0.2) is 82.4 Å². The van der Waals surface area contributed by atoms with Crippen molar-refractivity contribution in [3.05, 3.63) is 110 Å². The normalized spacial score (nSPS) is 15.4. The van der Waals surface area contributed by atoms with Gasteiger partial charge in [-0.05, 0) is 60.7 Å². The Kier molecular flexibility index (Phi) is 4.75. The first-order valence-electron chi connectivity index (χ1n) is 10.3. The first-order chi connectivity index (χ1) is 15.1. The van der Waals surface area contributed by atoms with Gasteiger partial charge in [-0.15, -0.1) is 0 Å². The van der Waals surface area contributed by atoms with Crippen LogP contribution in [0.2, 0.25) is 0 Å². The lowest BCUT2D eigenvalue weighted by atomic mass is 9.87. The number of aryl methyl sites for hydroxylation is 1. The van der Waals surface area contributed by atoms with E-state index >= 15 is 0 Å². The minimum Gasteiger partial charge on any atom is -0.345 e. The molecule has 4 aromatic rings. The third kappa shape index (κ3) is 3.46. The molecule has 1 aromatic heterocycles. The summed E-state index contributed by atoms with van der Waals surface area (Å²) in [5, 5.41) is 3.46. The zero-order chi connectivity index (χ0) is 21.4. The van der Waals surface area contributed by atoms with E-state index in [1.807, 2.05) is 18.2 Å². The highest BCUT2D eigenvalue weighted by Gasteiger charge is 2.22. The summed E-state index contributed by atoms with van der Waals surface area (Å²) in [6, 6.07) is 21.7. The molecule has 2 N–H and O–H groups in total. The van der Waals surface area contributed by atoms with Crippen LogP contribution in [0.1, 0.15) is 40.4 Å². The lowest BCUT2D eigenvalue weighted by Crippen LogP contribution is -2.34. The third-order valence-electron chi connectivity index (χ3n) is 5.85. The Balaban J connectivity index is 1.49. The third-order valence-corrected chi connectivity index (χ3v) is 5.85. The maximum atomic E-state index is 12.9. The molecule has 1 atom stereocenters. The van der Waals surface area contributed by atoms with Gasteiger partial charge in [-0.1, -0.05) is 42.5 Å². The molecule has 1 aliphatic rings. The van der Waals surface area contributed by atoms with Crippen molar-refractivity contribution in [1.29, 1.82) is 0 Å². The predicted octanol–water partition coefficient (Wildman–Crippen LogP) is 3.49. The number of rotatable bonds is 3. The van der Waals surface area contributed by atoms with Gasteiger partial charge in [-0.3, -0.25) is 9.59 Å². The molecule has 1 amide bonds. The topological polar surface area (TPSA) is 84.0 Å². The summed E-state index contributed by atoms with van der Waals surface area (Å²) in [5.41, 5.74) is 2.71. The number of carbonyl (C=O) groups is 1. The number of carbonyl (C=O) groups excluding carboxylic acids is 1. The number of aromatic nitrogens is 2. The van der Waals surface area contributed by atoms with E-state index in [0.29, 0.717) is 22.2 Å². The van der Waals surface area contributed by atoms with Crippen molar-refractivity contribution in [2.75, 3.05) is 0 Å². The highest BCUT2D eigenvalue weighted by Crippen LogP contribution is 2.29. The van der Waals surface area contributed by atoms with Crippen LogP contribution < -0.4 is 16.6 Å². The van der Waals surface area contributed by atoms with Gasteiger partial charge in [0.25, 0.3) is 11.5 Å². The Bertz CT molecular complexity index is 1400. The van der Waals surface area contributed by atoms with E-state index in [1.165, 1.54) is 5.56 Å². The number of hydrogen-bond donors (Lipinski definition) is 2. The molecule has 0 spiro atoms. The highest BCUT2D eigenvalue weighted by molar-refractivity contribution is 5.97. The van der Waals surface area contributed by atoms with E-state index in [0.717, 1.165) is 29.4 Å². The molecule has 0 radical (unpaired) electrons. The van der Waals surface area contributed by atoms with Crippen LogP contribution in [0.5, 0.6) is 0 Å². The average Bonchev–Trinajstić information content (AvgIpc) is 2.79. The smallest absolute Gasteiger partial charge is 0.333 e. The molecular weight excluding hydrogens is 390 g/mol. The number of fused-ring (bicyclic) bond motifs is 2. The molecule has 1 unspecified atom stereocenters. The maximum Gasteiger partial charge on any atom is 0.333 e. The van der Waals surface area contributed by atoms with Gasteiger partial charge in [0.15, 0.2) is 0 Å². The number of nitrogens with zero attached hydrogens (tertiary/aromatic N) is 1. The van der Waals surface area contributed by atoms with Gasteiger partial charge in [0, 0.05) is 5.56 Å². The molecule has 0 bridgehead atoms. The molecular formula is C25H21N3O3. The fourth-order valence-electron chi connectivity index (χ4n) is 4.32. The zero-order valence-electron chi connectivity index (χ0n) is 16.8. The molecule has 0 saturated heterocycles. The summed E-state index contributed by atoms with van der Waals surface area (Å²) >= 11 is 0. The molecule has 0 saturated carbocycles. The van der Waals surface area contributed by atoms with Crippen LogP contribution in [-0.2, 0) is 6.42 Å². The number of aromatic amines is 1. The molecule has 3 aromatic carbocycles. The average molecular weight is 411 g/mol. The molecule has 0 fully saturated rings. The van der Waals surface area contributed by atoms with Gasteiger partial charge in [-0.25, -0.2) is 9.36 Å². The largest absolute Gasteiger partial charge is 0.345 e. The summed E-state index contributed by atoms with van der Waals surface area (Å²) in [7, 11) is 0. The molecule has 0 aliphatic heterocycles. The van der Waals surface area contributed by atoms with Gasteiger partial charge in [-0.2, -0.15) is 0 Å². The van der Waals surface area contributed by atoms with Gasteiger partial charge in [0.2, 0.25) is 0 Å².